The normalized spacial score (nSPS) is 11.5. The number of benzene rings is 2. The second-order valence-electron chi connectivity index (χ2n) is 6.03. The van der Waals surface area contributed by atoms with E-state index in [1.54, 1.807) is 6.92 Å². The fourth-order valence-electron chi connectivity index (χ4n) is 3.17. The number of nitrogens with zero attached hydrogens (tertiary/aromatic N) is 1. The van der Waals surface area contributed by atoms with Gasteiger partial charge in [0.2, 0.25) is 5.69 Å². The van der Waals surface area contributed by atoms with Crippen molar-refractivity contribution in [2.45, 2.75) is 13.8 Å². The average molecular weight is 306 g/mol. The van der Waals surface area contributed by atoms with E-state index in [1.807, 2.05) is 31.4 Å². The number of hydrogen-bond acceptors (Lipinski definition) is 1. The molecular weight excluding hydrogens is 289 g/mol. The van der Waals surface area contributed by atoms with E-state index in [4.69, 9.17) is 4.42 Å². The van der Waals surface area contributed by atoms with Gasteiger partial charge in [0, 0.05) is 29.0 Å². The van der Waals surface area contributed by atoms with Gasteiger partial charge >= 0.3 is 0 Å². The molecule has 114 valence electrons. The second kappa shape index (κ2) is 4.92. The fraction of sp³-hybridized carbons (Fsp3) is 0.150. The first-order valence-electron chi connectivity index (χ1n) is 7.63. The van der Waals surface area contributed by atoms with Gasteiger partial charge in [0.15, 0.2) is 6.20 Å². The van der Waals surface area contributed by atoms with Crippen molar-refractivity contribution in [1.29, 1.82) is 0 Å². The van der Waals surface area contributed by atoms with E-state index >= 15 is 0 Å². The molecule has 0 amide bonds. The van der Waals surface area contributed by atoms with Crippen LogP contribution in [-0.4, -0.2) is 0 Å². The molecule has 0 fully saturated rings. The van der Waals surface area contributed by atoms with Crippen molar-refractivity contribution in [3.8, 4) is 11.3 Å². The molecule has 0 bridgehead atoms. The predicted octanol–water partition coefficient (Wildman–Crippen LogP) is 4.83. The first-order chi connectivity index (χ1) is 11.1. The summed E-state index contributed by atoms with van der Waals surface area (Å²) in [6.45, 7) is 3.85. The minimum Gasteiger partial charge on any atom is -0.455 e. The van der Waals surface area contributed by atoms with Crippen LogP contribution in [0.5, 0.6) is 0 Å². The number of aryl methyl sites for hydroxylation is 3. The van der Waals surface area contributed by atoms with Crippen molar-refractivity contribution in [1.82, 2.24) is 0 Å². The maximum absolute atomic E-state index is 13.9. The van der Waals surface area contributed by atoms with Crippen LogP contribution in [0.25, 0.3) is 33.2 Å². The largest absolute Gasteiger partial charge is 0.455 e. The van der Waals surface area contributed by atoms with Gasteiger partial charge in [-0.2, -0.15) is 0 Å². The zero-order valence-electron chi connectivity index (χ0n) is 13.4. The molecule has 0 spiro atoms. The number of halogens is 1. The quantitative estimate of drug-likeness (QED) is 0.460. The van der Waals surface area contributed by atoms with Crippen LogP contribution in [0.1, 0.15) is 11.1 Å². The van der Waals surface area contributed by atoms with E-state index in [1.165, 1.54) is 6.07 Å². The topological polar surface area (TPSA) is 17.0 Å². The molecule has 3 heteroatoms. The summed E-state index contributed by atoms with van der Waals surface area (Å²) in [7, 11) is 2.01. The van der Waals surface area contributed by atoms with Crippen LogP contribution in [0.2, 0.25) is 0 Å². The summed E-state index contributed by atoms with van der Waals surface area (Å²) in [5.41, 5.74) is 5.30. The molecule has 0 aliphatic carbocycles. The van der Waals surface area contributed by atoms with Crippen molar-refractivity contribution >= 4 is 21.9 Å². The maximum Gasteiger partial charge on any atom is 0.216 e. The van der Waals surface area contributed by atoms with Crippen molar-refractivity contribution in [3.63, 3.8) is 0 Å². The molecule has 2 aromatic carbocycles. The van der Waals surface area contributed by atoms with E-state index in [0.717, 1.165) is 33.2 Å². The lowest BCUT2D eigenvalue weighted by Gasteiger charge is -2.04. The Morgan fingerprint density at radius 3 is 2.57 bits per heavy atom. The van der Waals surface area contributed by atoms with Gasteiger partial charge < -0.3 is 4.42 Å². The summed E-state index contributed by atoms with van der Waals surface area (Å²) in [6, 6.07) is 13.6. The van der Waals surface area contributed by atoms with Gasteiger partial charge in [-0.3, -0.25) is 0 Å². The van der Waals surface area contributed by atoms with Gasteiger partial charge in [0.1, 0.15) is 24.0 Å². The van der Waals surface area contributed by atoms with E-state index in [9.17, 15) is 4.39 Å². The molecule has 0 saturated carbocycles. The van der Waals surface area contributed by atoms with Crippen molar-refractivity contribution in [2.75, 3.05) is 0 Å². The molecule has 0 unspecified atom stereocenters. The van der Waals surface area contributed by atoms with Crippen LogP contribution in [-0.2, 0) is 7.05 Å². The minimum atomic E-state index is -0.236. The third kappa shape index (κ3) is 2.04. The number of pyridine rings is 1. The van der Waals surface area contributed by atoms with Crippen molar-refractivity contribution < 1.29 is 13.4 Å². The minimum absolute atomic E-state index is 0.236. The first kappa shape index (κ1) is 13.9. The van der Waals surface area contributed by atoms with Gasteiger partial charge in [-0.1, -0.05) is 12.1 Å². The Labute approximate surface area is 133 Å². The number of rotatable bonds is 1. The Balaban J connectivity index is 2.16. The van der Waals surface area contributed by atoms with Gasteiger partial charge in [0.25, 0.3) is 0 Å². The molecule has 0 aliphatic heterocycles. The summed E-state index contributed by atoms with van der Waals surface area (Å²) in [6.07, 6.45) is 2.01. The van der Waals surface area contributed by atoms with Gasteiger partial charge in [0.05, 0.1) is 5.56 Å². The van der Waals surface area contributed by atoms with Crippen LogP contribution in [0.3, 0.4) is 0 Å². The van der Waals surface area contributed by atoms with Crippen LogP contribution in [0, 0.1) is 19.7 Å². The number of hydrogen-bond donors (Lipinski definition) is 0. The Bertz CT molecular complexity index is 1060. The molecule has 2 nitrogen and oxygen atoms in total. The lowest BCUT2D eigenvalue weighted by atomic mass is 10.0. The fourth-order valence-corrected chi connectivity index (χ4v) is 3.17. The highest BCUT2D eigenvalue weighted by Gasteiger charge is 2.20. The molecule has 23 heavy (non-hydrogen) atoms. The summed E-state index contributed by atoms with van der Waals surface area (Å²) >= 11 is 0. The lowest BCUT2D eigenvalue weighted by molar-refractivity contribution is -0.660. The highest BCUT2D eigenvalue weighted by Crippen LogP contribution is 2.37. The zero-order valence-corrected chi connectivity index (χ0v) is 13.4. The van der Waals surface area contributed by atoms with Gasteiger partial charge in [-0.15, -0.1) is 0 Å². The standard InChI is InChI=1S/C20H17FNO/c1-12-7-8-14-15-10-13(2)16(21)11-18(15)23-20(14)19(12)17-6-4-5-9-22(17)3/h4-11H,1-3H3/q+1. The first-order valence-corrected chi connectivity index (χ1v) is 7.63. The van der Waals surface area contributed by atoms with Crippen LogP contribution >= 0.6 is 0 Å². The van der Waals surface area contributed by atoms with E-state index in [0.29, 0.717) is 11.1 Å². The molecule has 0 atom stereocenters. The molecule has 2 aromatic heterocycles. The Hall–Kier alpha value is -2.68. The average Bonchev–Trinajstić information content (AvgIpc) is 2.86. The van der Waals surface area contributed by atoms with Gasteiger partial charge in [-0.05, 0) is 37.1 Å². The molecule has 0 radical (unpaired) electrons. The number of furan rings is 1. The Morgan fingerprint density at radius 1 is 0.957 bits per heavy atom. The highest BCUT2D eigenvalue weighted by molar-refractivity contribution is 6.09. The highest BCUT2D eigenvalue weighted by atomic mass is 19.1. The zero-order chi connectivity index (χ0) is 16.1. The maximum atomic E-state index is 13.9. The third-order valence-corrected chi connectivity index (χ3v) is 4.44. The molecule has 4 rings (SSSR count). The van der Waals surface area contributed by atoms with Crippen molar-refractivity contribution in [3.05, 3.63) is 65.6 Å². The van der Waals surface area contributed by atoms with Crippen molar-refractivity contribution in [2.24, 2.45) is 7.05 Å². The summed E-state index contributed by atoms with van der Waals surface area (Å²) in [4.78, 5) is 0. The SMILES string of the molecule is Cc1cc2c(cc1F)oc1c(-c3cccc[n+]3C)c(C)ccc12. The molecule has 0 N–H and O–H groups in total. The van der Waals surface area contributed by atoms with Gasteiger partial charge in [-0.25, -0.2) is 8.96 Å². The third-order valence-electron chi connectivity index (χ3n) is 4.44. The molecule has 0 saturated heterocycles. The molecular formula is C20H17FNO+. The second-order valence-corrected chi connectivity index (χ2v) is 6.03. The Kier molecular flexibility index (Phi) is 2.98. The molecule has 4 aromatic rings. The lowest BCUT2D eigenvalue weighted by Crippen LogP contribution is -2.30. The summed E-state index contributed by atoms with van der Waals surface area (Å²) in [5.74, 6) is -0.236. The monoisotopic (exact) mass is 306 g/mol. The molecule has 0 aliphatic rings. The Morgan fingerprint density at radius 2 is 1.78 bits per heavy atom. The summed E-state index contributed by atoms with van der Waals surface area (Å²) in [5, 5.41) is 1.98. The smallest absolute Gasteiger partial charge is 0.216 e. The van der Waals surface area contributed by atoms with Crippen LogP contribution in [0.15, 0.2) is 53.1 Å². The molecule has 2 heterocycles. The number of fused-ring (bicyclic) bond motifs is 3. The predicted molar refractivity (Wildman–Crippen MR) is 89.8 cm³/mol. The number of aromatic nitrogens is 1. The van der Waals surface area contributed by atoms with E-state index in [2.05, 4.69) is 29.7 Å². The van der Waals surface area contributed by atoms with Crippen LogP contribution in [0.4, 0.5) is 4.39 Å². The summed E-state index contributed by atoms with van der Waals surface area (Å²) < 4.78 is 22.0. The van der Waals surface area contributed by atoms with E-state index < -0.39 is 0 Å². The van der Waals surface area contributed by atoms with Crippen LogP contribution < -0.4 is 4.57 Å². The van der Waals surface area contributed by atoms with E-state index in [-0.39, 0.29) is 5.82 Å².